The van der Waals surface area contributed by atoms with Gasteiger partial charge in [-0.05, 0) is 23.2 Å². The fourth-order valence-electron chi connectivity index (χ4n) is 0.984. The number of hydrogen-bond donors (Lipinski definition) is 1. The molecule has 0 spiro atoms. The highest BCUT2D eigenvalue weighted by Crippen LogP contribution is 2.24. The Morgan fingerprint density at radius 3 is 2.93 bits per heavy atom. The summed E-state index contributed by atoms with van der Waals surface area (Å²) in [5, 5.41) is 12.7. The van der Waals surface area contributed by atoms with Crippen molar-refractivity contribution >= 4 is 15.9 Å². The summed E-state index contributed by atoms with van der Waals surface area (Å²) in [5.74, 6) is -0.392. The highest BCUT2D eigenvalue weighted by Gasteiger charge is 2.10. The van der Waals surface area contributed by atoms with Crippen molar-refractivity contribution in [1.82, 2.24) is 0 Å². The summed E-state index contributed by atoms with van der Waals surface area (Å²) in [6, 6.07) is 3.92. The second kappa shape index (κ2) is 4.95. The van der Waals surface area contributed by atoms with Crippen molar-refractivity contribution in [3.63, 3.8) is 0 Å². The molecule has 0 aromatic heterocycles. The first-order valence-electron chi connectivity index (χ1n) is 3.79. The van der Waals surface area contributed by atoms with Gasteiger partial charge in [-0.2, -0.15) is 0 Å². The topological polar surface area (TPSA) is 69.0 Å². The molecule has 1 aromatic rings. The number of rotatable bonds is 3. The second-order valence-electron chi connectivity index (χ2n) is 2.60. The van der Waals surface area contributed by atoms with Crippen LogP contribution in [0.15, 0.2) is 27.8 Å². The molecule has 74 valence electrons. The summed E-state index contributed by atoms with van der Waals surface area (Å²) in [7, 11) is 0. The third kappa shape index (κ3) is 2.70. The Bertz CT molecular complexity index is 379. The predicted octanol–water partition coefficient (Wildman–Crippen LogP) is 2.93. The molecule has 0 radical (unpaired) electrons. The van der Waals surface area contributed by atoms with E-state index < -0.39 is 11.9 Å². The van der Waals surface area contributed by atoms with E-state index in [1.54, 1.807) is 0 Å². The van der Waals surface area contributed by atoms with Gasteiger partial charge in [0.25, 0.3) is 0 Å². The molecule has 1 N–H and O–H groups in total. The molecule has 0 aliphatic rings. The number of benzene rings is 1. The van der Waals surface area contributed by atoms with Gasteiger partial charge in [-0.15, -0.1) is 0 Å². The standard InChI is InChI=1S/C8H7BrFN3O/c9-7-3-5(10)1-2-6(7)8(14)4-12-13-11/h1-3,8,14H,4H2. The molecule has 0 amide bonds. The van der Waals surface area contributed by atoms with E-state index in [-0.39, 0.29) is 6.54 Å². The van der Waals surface area contributed by atoms with Gasteiger partial charge in [0, 0.05) is 9.38 Å². The van der Waals surface area contributed by atoms with Gasteiger partial charge in [0.2, 0.25) is 0 Å². The lowest BCUT2D eigenvalue weighted by molar-refractivity contribution is 0.186. The minimum atomic E-state index is -0.916. The lowest BCUT2D eigenvalue weighted by atomic mass is 10.1. The maximum atomic E-state index is 12.7. The largest absolute Gasteiger partial charge is 0.388 e. The van der Waals surface area contributed by atoms with Crippen molar-refractivity contribution in [2.45, 2.75) is 6.10 Å². The fourth-order valence-corrected chi connectivity index (χ4v) is 1.60. The van der Waals surface area contributed by atoms with Crippen LogP contribution in [0.1, 0.15) is 11.7 Å². The minimum absolute atomic E-state index is 0.0687. The predicted molar refractivity (Wildman–Crippen MR) is 53.1 cm³/mol. The van der Waals surface area contributed by atoms with Gasteiger partial charge in [0.05, 0.1) is 12.6 Å². The Morgan fingerprint density at radius 1 is 1.64 bits per heavy atom. The van der Waals surface area contributed by atoms with E-state index >= 15 is 0 Å². The first-order chi connectivity index (χ1) is 6.65. The van der Waals surface area contributed by atoms with E-state index in [4.69, 9.17) is 5.53 Å². The summed E-state index contributed by atoms with van der Waals surface area (Å²) < 4.78 is 13.1. The molecule has 0 fully saturated rings. The number of aliphatic hydroxyl groups is 1. The van der Waals surface area contributed by atoms with Crippen molar-refractivity contribution < 1.29 is 9.50 Å². The highest BCUT2D eigenvalue weighted by molar-refractivity contribution is 9.10. The average Bonchev–Trinajstić information content (AvgIpc) is 2.14. The van der Waals surface area contributed by atoms with Gasteiger partial charge in [-0.3, -0.25) is 0 Å². The Balaban J connectivity index is 2.89. The molecular weight excluding hydrogens is 253 g/mol. The first-order valence-corrected chi connectivity index (χ1v) is 4.58. The molecule has 0 bridgehead atoms. The maximum Gasteiger partial charge on any atom is 0.124 e. The van der Waals surface area contributed by atoms with Gasteiger partial charge in [-0.1, -0.05) is 27.1 Å². The van der Waals surface area contributed by atoms with Crippen LogP contribution in [0, 0.1) is 5.82 Å². The number of halogens is 2. The lowest BCUT2D eigenvalue weighted by Crippen LogP contribution is -2.01. The Hall–Kier alpha value is -1.10. The zero-order valence-electron chi connectivity index (χ0n) is 7.06. The van der Waals surface area contributed by atoms with Gasteiger partial charge >= 0.3 is 0 Å². The van der Waals surface area contributed by atoms with Crippen LogP contribution in [-0.2, 0) is 0 Å². The van der Waals surface area contributed by atoms with E-state index in [1.165, 1.54) is 18.2 Å². The molecule has 0 heterocycles. The van der Waals surface area contributed by atoms with Crippen LogP contribution >= 0.6 is 15.9 Å². The van der Waals surface area contributed by atoms with Crippen LogP contribution in [0.2, 0.25) is 0 Å². The molecule has 6 heteroatoms. The summed E-state index contributed by atoms with van der Waals surface area (Å²) in [4.78, 5) is 2.52. The normalized spacial score (nSPS) is 11.9. The molecule has 14 heavy (non-hydrogen) atoms. The number of nitrogens with zero attached hydrogens (tertiary/aromatic N) is 3. The zero-order chi connectivity index (χ0) is 10.6. The van der Waals surface area contributed by atoms with Crippen molar-refractivity contribution in [3.05, 3.63) is 44.5 Å². The average molecular weight is 260 g/mol. The summed E-state index contributed by atoms with van der Waals surface area (Å²) in [6.07, 6.45) is -0.916. The van der Waals surface area contributed by atoms with E-state index in [9.17, 15) is 9.50 Å². The molecular formula is C8H7BrFN3O. The fraction of sp³-hybridized carbons (Fsp3) is 0.250. The van der Waals surface area contributed by atoms with E-state index in [0.717, 1.165) is 0 Å². The molecule has 0 saturated carbocycles. The Kier molecular flexibility index (Phi) is 3.88. The van der Waals surface area contributed by atoms with Crippen LogP contribution in [-0.4, -0.2) is 11.7 Å². The van der Waals surface area contributed by atoms with Crippen LogP contribution in [0.4, 0.5) is 4.39 Å². The molecule has 1 aromatic carbocycles. The SMILES string of the molecule is [N-]=[N+]=NCC(O)c1ccc(F)cc1Br. The van der Waals surface area contributed by atoms with E-state index in [1.807, 2.05) is 0 Å². The van der Waals surface area contributed by atoms with Crippen LogP contribution < -0.4 is 0 Å². The van der Waals surface area contributed by atoms with Gasteiger partial charge < -0.3 is 5.11 Å². The zero-order valence-corrected chi connectivity index (χ0v) is 8.65. The van der Waals surface area contributed by atoms with E-state index in [0.29, 0.717) is 10.0 Å². The van der Waals surface area contributed by atoms with Crippen molar-refractivity contribution in [2.24, 2.45) is 5.11 Å². The molecule has 0 aliphatic carbocycles. The van der Waals surface area contributed by atoms with Crippen molar-refractivity contribution in [3.8, 4) is 0 Å². The first kappa shape index (κ1) is 11.0. The van der Waals surface area contributed by atoms with Gasteiger partial charge in [-0.25, -0.2) is 4.39 Å². The van der Waals surface area contributed by atoms with Gasteiger partial charge in [0.15, 0.2) is 0 Å². The number of aliphatic hydroxyl groups excluding tert-OH is 1. The molecule has 1 unspecified atom stereocenters. The van der Waals surface area contributed by atoms with Crippen molar-refractivity contribution in [1.29, 1.82) is 0 Å². The quantitative estimate of drug-likeness (QED) is 0.506. The number of hydrogen-bond acceptors (Lipinski definition) is 2. The third-order valence-electron chi connectivity index (χ3n) is 1.64. The summed E-state index contributed by atoms with van der Waals surface area (Å²) in [6.45, 7) is -0.0687. The summed E-state index contributed by atoms with van der Waals surface area (Å²) in [5.41, 5.74) is 8.55. The highest BCUT2D eigenvalue weighted by atomic mass is 79.9. The van der Waals surface area contributed by atoms with Crippen LogP contribution in [0.25, 0.3) is 10.4 Å². The maximum absolute atomic E-state index is 12.7. The molecule has 0 saturated heterocycles. The lowest BCUT2D eigenvalue weighted by Gasteiger charge is -2.09. The van der Waals surface area contributed by atoms with Crippen LogP contribution in [0.5, 0.6) is 0 Å². The third-order valence-corrected chi connectivity index (χ3v) is 2.33. The Labute approximate surface area is 88.1 Å². The monoisotopic (exact) mass is 259 g/mol. The van der Waals surface area contributed by atoms with Crippen molar-refractivity contribution in [2.75, 3.05) is 6.54 Å². The number of azide groups is 1. The smallest absolute Gasteiger partial charge is 0.124 e. The minimum Gasteiger partial charge on any atom is -0.388 e. The van der Waals surface area contributed by atoms with E-state index in [2.05, 4.69) is 26.0 Å². The molecule has 0 aliphatic heterocycles. The molecule has 4 nitrogen and oxygen atoms in total. The van der Waals surface area contributed by atoms with Crippen LogP contribution in [0.3, 0.4) is 0 Å². The summed E-state index contributed by atoms with van der Waals surface area (Å²) >= 11 is 3.10. The Morgan fingerprint density at radius 2 is 2.36 bits per heavy atom. The molecule has 1 atom stereocenters. The second-order valence-corrected chi connectivity index (χ2v) is 3.45. The molecule has 1 rings (SSSR count). The van der Waals surface area contributed by atoms with Gasteiger partial charge in [0.1, 0.15) is 5.82 Å².